The Balaban J connectivity index is 2.22. The minimum absolute atomic E-state index is 0.00540. The second-order valence-corrected chi connectivity index (χ2v) is 5.94. The zero-order chi connectivity index (χ0) is 14.2. The molecule has 0 radical (unpaired) electrons. The average molecular weight is 282 g/mol. The van der Waals surface area contributed by atoms with E-state index in [1.807, 2.05) is 0 Å². The maximum atomic E-state index is 13.8. The van der Waals surface area contributed by atoms with Crippen LogP contribution in [0.5, 0.6) is 0 Å². The quantitative estimate of drug-likeness (QED) is 0.834. The van der Waals surface area contributed by atoms with Crippen LogP contribution in [0.15, 0.2) is 18.2 Å². The van der Waals surface area contributed by atoms with Gasteiger partial charge >= 0.3 is 0 Å². The van der Waals surface area contributed by atoms with Crippen LogP contribution >= 0.6 is 12.2 Å². The highest BCUT2D eigenvalue weighted by molar-refractivity contribution is 7.80. The fourth-order valence-corrected chi connectivity index (χ4v) is 2.82. The van der Waals surface area contributed by atoms with E-state index in [-0.39, 0.29) is 28.1 Å². The van der Waals surface area contributed by atoms with Crippen molar-refractivity contribution in [1.29, 1.82) is 0 Å². The van der Waals surface area contributed by atoms with E-state index < -0.39 is 5.82 Å². The molecule has 3 nitrogen and oxygen atoms in total. The third kappa shape index (κ3) is 2.44. The first-order valence-corrected chi connectivity index (χ1v) is 6.66. The van der Waals surface area contributed by atoms with Crippen molar-refractivity contribution >= 4 is 22.9 Å². The van der Waals surface area contributed by atoms with Gasteiger partial charge in [-0.15, -0.1) is 0 Å². The van der Waals surface area contributed by atoms with E-state index in [1.54, 1.807) is 19.2 Å². The number of nitrogens with two attached hydrogens (primary N) is 1. The molecular formula is C14H19FN2OS. The molecule has 1 aromatic rings. The lowest BCUT2D eigenvalue weighted by Gasteiger charge is -2.51. The third-order valence-electron chi connectivity index (χ3n) is 4.05. The van der Waals surface area contributed by atoms with Crippen LogP contribution in [0.1, 0.15) is 25.8 Å². The van der Waals surface area contributed by atoms with Crippen molar-refractivity contribution in [2.75, 3.05) is 12.4 Å². The predicted octanol–water partition coefficient (Wildman–Crippen LogP) is 2.69. The van der Waals surface area contributed by atoms with Gasteiger partial charge < -0.3 is 15.8 Å². The summed E-state index contributed by atoms with van der Waals surface area (Å²) < 4.78 is 19.2. The van der Waals surface area contributed by atoms with E-state index in [0.29, 0.717) is 5.69 Å². The van der Waals surface area contributed by atoms with Gasteiger partial charge in [0.2, 0.25) is 0 Å². The Morgan fingerprint density at radius 3 is 2.74 bits per heavy atom. The van der Waals surface area contributed by atoms with Gasteiger partial charge in [0.25, 0.3) is 0 Å². The van der Waals surface area contributed by atoms with Gasteiger partial charge in [-0.3, -0.25) is 0 Å². The van der Waals surface area contributed by atoms with Gasteiger partial charge in [-0.1, -0.05) is 32.1 Å². The van der Waals surface area contributed by atoms with E-state index in [0.717, 1.165) is 6.42 Å². The number of hydrogen-bond donors (Lipinski definition) is 2. The molecule has 1 saturated carbocycles. The highest BCUT2D eigenvalue weighted by Gasteiger charge is 2.48. The van der Waals surface area contributed by atoms with Crippen molar-refractivity contribution in [2.45, 2.75) is 32.4 Å². The first-order valence-electron chi connectivity index (χ1n) is 6.25. The number of anilines is 1. The highest BCUT2D eigenvalue weighted by atomic mass is 32.1. The summed E-state index contributed by atoms with van der Waals surface area (Å²) in [5.41, 5.74) is 6.53. The van der Waals surface area contributed by atoms with Crippen molar-refractivity contribution in [3.63, 3.8) is 0 Å². The molecule has 1 aliphatic carbocycles. The summed E-state index contributed by atoms with van der Waals surface area (Å²) in [6.07, 6.45) is 1.10. The molecule has 0 amide bonds. The first kappa shape index (κ1) is 14.2. The third-order valence-corrected chi connectivity index (χ3v) is 4.26. The molecule has 0 spiro atoms. The molecule has 2 rings (SSSR count). The lowest BCUT2D eigenvalue weighted by molar-refractivity contribution is -0.0794. The fraction of sp³-hybridized carbons (Fsp3) is 0.500. The Morgan fingerprint density at radius 2 is 2.21 bits per heavy atom. The molecule has 0 aliphatic heterocycles. The smallest absolute Gasteiger partial charge is 0.135 e. The van der Waals surface area contributed by atoms with Gasteiger partial charge in [-0.25, -0.2) is 4.39 Å². The van der Waals surface area contributed by atoms with Crippen LogP contribution in [0.25, 0.3) is 0 Å². The van der Waals surface area contributed by atoms with Crippen molar-refractivity contribution in [1.82, 2.24) is 0 Å². The zero-order valence-electron chi connectivity index (χ0n) is 11.4. The van der Waals surface area contributed by atoms with Crippen molar-refractivity contribution in [3.8, 4) is 0 Å². The molecule has 104 valence electrons. The van der Waals surface area contributed by atoms with E-state index in [4.69, 9.17) is 22.7 Å². The number of benzene rings is 1. The SMILES string of the molecule is COC1CC(Nc2cccc(F)c2C(N)=S)C1(C)C. The molecular weight excluding hydrogens is 263 g/mol. The van der Waals surface area contributed by atoms with Crippen LogP contribution in [0.2, 0.25) is 0 Å². The lowest BCUT2D eigenvalue weighted by atomic mass is 9.64. The Bertz CT molecular complexity index is 504. The Labute approximate surface area is 118 Å². The second kappa shape index (κ2) is 5.06. The monoisotopic (exact) mass is 282 g/mol. The van der Waals surface area contributed by atoms with Crippen molar-refractivity contribution in [2.24, 2.45) is 11.1 Å². The predicted molar refractivity (Wildman–Crippen MR) is 78.9 cm³/mol. The number of ether oxygens (including phenoxy) is 1. The van der Waals surface area contributed by atoms with E-state index >= 15 is 0 Å². The van der Waals surface area contributed by atoms with Gasteiger partial charge in [0.05, 0.1) is 11.7 Å². The van der Waals surface area contributed by atoms with Gasteiger partial charge in [0.15, 0.2) is 0 Å². The summed E-state index contributed by atoms with van der Waals surface area (Å²) in [4.78, 5) is 0.0704. The molecule has 1 aromatic carbocycles. The maximum Gasteiger partial charge on any atom is 0.135 e. The topological polar surface area (TPSA) is 47.3 Å². The van der Waals surface area contributed by atoms with Crippen LogP contribution < -0.4 is 11.1 Å². The Kier molecular flexibility index (Phi) is 3.78. The van der Waals surface area contributed by atoms with Gasteiger partial charge in [0.1, 0.15) is 10.8 Å². The van der Waals surface area contributed by atoms with Crippen molar-refractivity contribution < 1.29 is 9.13 Å². The molecule has 19 heavy (non-hydrogen) atoms. The molecule has 2 atom stereocenters. The first-order chi connectivity index (χ1) is 8.87. The normalized spacial score (nSPS) is 24.6. The molecule has 2 unspecified atom stereocenters. The number of rotatable bonds is 4. The zero-order valence-corrected chi connectivity index (χ0v) is 12.2. The molecule has 3 N–H and O–H groups in total. The Morgan fingerprint density at radius 1 is 1.53 bits per heavy atom. The summed E-state index contributed by atoms with van der Waals surface area (Å²) in [6, 6.07) is 5.03. The lowest BCUT2D eigenvalue weighted by Crippen LogP contribution is -2.57. The van der Waals surface area contributed by atoms with Crippen LogP contribution in [0.4, 0.5) is 10.1 Å². The summed E-state index contributed by atoms with van der Waals surface area (Å²) >= 11 is 4.92. The van der Waals surface area contributed by atoms with Gasteiger partial charge in [-0.2, -0.15) is 0 Å². The molecule has 1 fully saturated rings. The molecule has 0 saturated heterocycles. The van der Waals surface area contributed by atoms with Crippen LogP contribution in [-0.4, -0.2) is 24.2 Å². The van der Waals surface area contributed by atoms with Crippen LogP contribution in [0, 0.1) is 11.2 Å². The summed E-state index contributed by atoms with van der Waals surface area (Å²) in [6.45, 7) is 4.25. The van der Waals surface area contributed by atoms with Crippen LogP contribution in [0.3, 0.4) is 0 Å². The summed E-state index contributed by atoms with van der Waals surface area (Å²) in [5, 5.41) is 3.34. The Hall–Kier alpha value is -1.20. The molecule has 1 aliphatic rings. The van der Waals surface area contributed by atoms with Gasteiger partial charge in [0, 0.05) is 24.3 Å². The second-order valence-electron chi connectivity index (χ2n) is 5.50. The van der Waals surface area contributed by atoms with Crippen LogP contribution in [-0.2, 0) is 4.74 Å². The molecule has 0 aromatic heterocycles. The van der Waals surface area contributed by atoms with Crippen molar-refractivity contribution in [3.05, 3.63) is 29.6 Å². The molecule has 0 heterocycles. The fourth-order valence-electron chi connectivity index (χ4n) is 2.61. The van der Waals surface area contributed by atoms with E-state index in [9.17, 15) is 4.39 Å². The number of halogens is 1. The van der Waals surface area contributed by atoms with E-state index in [2.05, 4.69) is 19.2 Å². The number of thiocarbonyl (C=S) groups is 1. The maximum absolute atomic E-state index is 13.8. The minimum Gasteiger partial charge on any atom is -0.389 e. The summed E-state index contributed by atoms with van der Waals surface area (Å²) in [7, 11) is 1.71. The largest absolute Gasteiger partial charge is 0.389 e. The number of hydrogen-bond acceptors (Lipinski definition) is 3. The van der Waals surface area contributed by atoms with E-state index in [1.165, 1.54) is 6.07 Å². The summed E-state index contributed by atoms with van der Waals surface area (Å²) in [5.74, 6) is -0.391. The molecule has 0 bridgehead atoms. The number of methoxy groups -OCH3 is 1. The highest BCUT2D eigenvalue weighted by Crippen LogP contribution is 2.44. The average Bonchev–Trinajstić information content (AvgIpc) is 2.33. The standard InChI is InChI=1S/C14H19FN2OS/c1-14(2)10(7-11(14)18-3)17-9-6-4-5-8(15)12(9)13(16)19/h4-6,10-11,17H,7H2,1-3H3,(H2,16,19). The molecule has 5 heteroatoms. The number of nitrogens with one attached hydrogen (secondary N) is 1. The minimum atomic E-state index is -0.391. The van der Waals surface area contributed by atoms with Gasteiger partial charge in [-0.05, 0) is 18.6 Å².